The smallest absolute Gasteiger partial charge is 0.146 e. The first kappa shape index (κ1) is 12.7. The SMILES string of the molecule is CN(CC1(CS)CCCC1)c1ccccc1F. The predicted octanol–water partition coefficient (Wildman–Crippen LogP) is 3.75. The van der Waals surface area contributed by atoms with Crippen LogP contribution in [0.1, 0.15) is 25.7 Å². The van der Waals surface area contributed by atoms with Crippen LogP contribution in [0, 0.1) is 11.2 Å². The lowest BCUT2D eigenvalue weighted by molar-refractivity contribution is 0.353. The van der Waals surface area contributed by atoms with E-state index in [4.69, 9.17) is 0 Å². The van der Waals surface area contributed by atoms with Crippen molar-refractivity contribution in [3.63, 3.8) is 0 Å². The summed E-state index contributed by atoms with van der Waals surface area (Å²) in [5, 5.41) is 0. The van der Waals surface area contributed by atoms with E-state index >= 15 is 0 Å². The Balaban J connectivity index is 2.11. The Hall–Kier alpha value is -0.700. The second kappa shape index (κ2) is 5.30. The minimum Gasteiger partial charge on any atom is -0.372 e. The maximum absolute atomic E-state index is 13.7. The molecule has 1 aromatic carbocycles. The van der Waals surface area contributed by atoms with Gasteiger partial charge in [0.05, 0.1) is 5.69 Å². The molecule has 3 heteroatoms. The van der Waals surface area contributed by atoms with Crippen LogP contribution >= 0.6 is 12.6 Å². The number of anilines is 1. The molecule has 0 spiro atoms. The number of rotatable bonds is 4. The van der Waals surface area contributed by atoms with E-state index in [9.17, 15) is 4.39 Å². The molecule has 0 N–H and O–H groups in total. The summed E-state index contributed by atoms with van der Waals surface area (Å²) in [5.74, 6) is 0.758. The zero-order valence-electron chi connectivity index (χ0n) is 10.3. The summed E-state index contributed by atoms with van der Waals surface area (Å²) in [6.45, 7) is 0.900. The summed E-state index contributed by atoms with van der Waals surface area (Å²) < 4.78 is 13.7. The molecule has 94 valence electrons. The van der Waals surface area contributed by atoms with Crippen molar-refractivity contribution in [3.8, 4) is 0 Å². The number of nitrogens with zero attached hydrogens (tertiary/aromatic N) is 1. The van der Waals surface area contributed by atoms with Gasteiger partial charge in [-0.1, -0.05) is 25.0 Å². The number of benzene rings is 1. The van der Waals surface area contributed by atoms with Crippen molar-refractivity contribution < 1.29 is 4.39 Å². The maximum atomic E-state index is 13.7. The van der Waals surface area contributed by atoms with Crippen LogP contribution in [0.5, 0.6) is 0 Å². The summed E-state index contributed by atoms with van der Waals surface area (Å²) in [4.78, 5) is 2.04. The molecular weight excluding hydrogens is 233 g/mol. The lowest BCUT2D eigenvalue weighted by Crippen LogP contribution is -2.35. The molecule has 0 aliphatic heterocycles. The fraction of sp³-hybridized carbons (Fsp3) is 0.571. The highest BCUT2D eigenvalue weighted by Gasteiger charge is 2.33. The van der Waals surface area contributed by atoms with E-state index in [0.717, 1.165) is 12.3 Å². The molecule has 0 heterocycles. The van der Waals surface area contributed by atoms with Crippen LogP contribution in [0.25, 0.3) is 0 Å². The third-order valence-electron chi connectivity index (χ3n) is 3.84. The van der Waals surface area contributed by atoms with Crippen molar-refractivity contribution in [2.75, 3.05) is 24.2 Å². The van der Waals surface area contributed by atoms with Crippen LogP contribution < -0.4 is 4.90 Å². The van der Waals surface area contributed by atoms with Crippen LogP contribution in [0.3, 0.4) is 0 Å². The Kier molecular flexibility index (Phi) is 3.97. The van der Waals surface area contributed by atoms with Gasteiger partial charge < -0.3 is 4.90 Å². The molecule has 0 radical (unpaired) electrons. The highest BCUT2D eigenvalue weighted by molar-refractivity contribution is 7.80. The van der Waals surface area contributed by atoms with Gasteiger partial charge in [-0.2, -0.15) is 12.6 Å². The molecule has 0 unspecified atom stereocenters. The molecule has 17 heavy (non-hydrogen) atoms. The molecule has 1 fully saturated rings. The molecule has 0 atom stereocenters. The Labute approximate surface area is 108 Å². The molecule has 1 aliphatic rings. The number of para-hydroxylation sites is 1. The molecule has 0 aromatic heterocycles. The van der Waals surface area contributed by atoms with Gasteiger partial charge in [-0.15, -0.1) is 0 Å². The van der Waals surface area contributed by atoms with E-state index in [-0.39, 0.29) is 11.2 Å². The summed E-state index contributed by atoms with van der Waals surface area (Å²) in [6, 6.07) is 6.98. The lowest BCUT2D eigenvalue weighted by atomic mass is 9.88. The van der Waals surface area contributed by atoms with Crippen molar-refractivity contribution in [3.05, 3.63) is 30.1 Å². The van der Waals surface area contributed by atoms with Crippen LogP contribution in [-0.4, -0.2) is 19.3 Å². The fourth-order valence-corrected chi connectivity index (χ4v) is 3.26. The Morgan fingerprint density at radius 2 is 1.94 bits per heavy atom. The Morgan fingerprint density at radius 3 is 2.53 bits per heavy atom. The van der Waals surface area contributed by atoms with Gasteiger partial charge in [0.1, 0.15) is 5.82 Å². The average Bonchev–Trinajstić information content (AvgIpc) is 2.79. The molecule has 0 amide bonds. The minimum absolute atomic E-state index is 0.137. The number of hydrogen-bond donors (Lipinski definition) is 1. The molecule has 1 saturated carbocycles. The molecule has 1 aliphatic carbocycles. The standard InChI is InChI=1S/C14H20FNS/c1-16(13-7-3-2-6-12(13)15)10-14(11-17)8-4-5-9-14/h2-3,6-7,17H,4-5,8-11H2,1H3. The minimum atomic E-state index is -0.137. The lowest BCUT2D eigenvalue weighted by Gasteiger charge is -2.33. The predicted molar refractivity (Wildman–Crippen MR) is 74.4 cm³/mol. The third kappa shape index (κ3) is 2.76. The summed E-state index contributed by atoms with van der Waals surface area (Å²) in [5.41, 5.74) is 0.973. The van der Waals surface area contributed by atoms with Gasteiger partial charge in [0.15, 0.2) is 0 Å². The highest BCUT2D eigenvalue weighted by Crippen LogP contribution is 2.40. The monoisotopic (exact) mass is 253 g/mol. The zero-order chi connectivity index (χ0) is 12.3. The summed E-state index contributed by atoms with van der Waals surface area (Å²) in [6.07, 6.45) is 5.00. The second-order valence-electron chi connectivity index (χ2n) is 5.17. The van der Waals surface area contributed by atoms with Crippen molar-refractivity contribution in [1.82, 2.24) is 0 Å². The van der Waals surface area contributed by atoms with Gasteiger partial charge in [-0.05, 0) is 36.1 Å². The molecule has 2 rings (SSSR count). The van der Waals surface area contributed by atoms with E-state index in [2.05, 4.69) is 12.6 Å². The van der Waals surface area contributed by atoms with Gasteiger partial charge >= 0.3 is 0 Å². The molecule has 0 saturated heterocycles. The number of hydrogen-bond acceptors (Lipinski definition) is 2. The quantitative estimate of drug-likeness (QED) is 0.800. The van der Waals surface area contributed by atoms with Crippen LogP contribution in [-0.2, 0) is 0 Å². The normalized spacial score (nSPS) is 18.3. The summed E-state index contributed by atoms with van der Waals surface area (Å²) >= 11 is 4.49. The second-order valence-corrected chi connectivity index (χ2v) is 5.49. The molecular formula is C14H20FNS. The Bertz CT molecular complexity index is 374. The average molecular weight is 253 g/mol. The first-order chi connectivity index (χ1) is 8.17. The molecule has 0 bridgehead atoms. The van der Waals surface area contributed by atoms with Crippen LogP contribution in [0.4, 0.5) is 10.1 Å². The highest BCUT2D eigenvalue weighted by atomic mass is 32.1. The maximum Gasteiger partial charge on any atom is 0.146 e. The summed E-state index contributed by atoms with van der Waals surface area (Å²) in [7, 11) is 1.97. The largest absolute Gasteiger partial charge is 0.372 e. The van der Waals surface area contributed by atoms with E-state index < -0.39 is 0 Å². The number of thiol groups is 1. The van der Waals surface area contributed by atoms with E-state index in [0.29, 0.717) is 5.69 Å². The van der Waals surface area contributed by atoms with Gasteiger partial charge in [-0.25, -0.2) is 4.39 Å². The van der Waals surface area contributed by atoms with Crippen molar-refractivity contribution in [2.24, 2.45) is 5.41 Å². The molecule has 1 aromatic rings. The molecule has 1 nitrogen and oxygen atoms in total. The van der Waals surface area contributed by atoms with E-state index in [1.54, 1.807) is 6.07 Å². The van der Waals surface area contributed by atoms with Gasteiger partial charge in [0, 0.05) is 13.6 Å². The Morgan fingerprint density at radius 1 is 1.29 bits per heavy atom. The van der Waals surface area contributed by atoms with Gasteiger partial charge in [0.2, 0.25) is 0 Å². The van der Waals surface area contributed by atoms with Crippen LogP contribution in [0.15, 0.2) is 24.3 Å². The van der Waals surface area contributed by atoms with E-state index in [1.165, 1.54) is 31.7 Å². The van der Waals surface area contributed by atoms with Gasteiger partial charge in [-0.3, -0.25) is 0 Å². The van der Waals surface area contributed by atoms with Gasteiger partial charge in [0.25, 0.3) is 0 Å². The van der Waals surface area contributed by atoms with Crippen molar-refractivity contribution >= 4 is 18.3 Å². The topological polar surface area (TPSA) is 3.24 Å². The third-order valence-corrected chi connectivity index (χ3v) is 4.51. The fourth-order valence-electron chi connectivity index (χ4n) is 2.84. The number of halogens is 1. The van der Waals surface area contributed by atoms with Crippen LogP contribution in [0.2, 0.25) is 0 Å². The van der Waals surface area contributed by atoms with E-state index in [1.807, 2.05) is 24.1 Å². The first-order valence-electron chi connectivity index (χ1n) is 6.23. The van der Waals surface area contributed by atoms with Crippen molar-refractivity contribution in [2.45, 2.75) is 25.7 Å². The first-order valence-corrected chi connectivity index (χ1v) is 6.87. The zero-order valence-corrected chi connectivity index (χ0v) is 11.2. The van der Waals surface area contributed by atoms with Crippen molar-refractivity contribution in [1.29, 1.82) is 0 Å².